The molecule has 0 radical (unpaired) electrons. The first kappa shape index (κ1) is 19.8. The summed E-state index contributed by atoms with van der Waals surface area (Å²) in [6.45, 7) is 5.46. The van der Waals surface area contributed by atoms with Crippen LogP contribution in [0.3, 0.4) is 0 Å². The summed E-state index contributed by atoms with van der Waals surface area (Å²) in [7, 11) is 0. The summed E-state index contributed by atoms with van der Waals surface area (Å²) in [4.78, 5) is 15.1. The number of halogens is 2. The Balaban J connectivity index is 0.00000210. The summed E-state index contributed by atoms with van der Waals surface area (Å²) in [6, 6.07) is 6.67. The number of piperidine rings is 1. The Morgan fingerprint density at radius 3 is 2.74 bits per heavy atom. The summed E-state index contributed by atoms with van der Waals surface area (Å²) in [6.07, 6.45) is 3.40. The van der Waals surface area contributed by atoms with E-state index in [0.29, 0.717) is 24.5 Å². The van der Waals surface area contributed by atoms with Gasteiger partial charge in [0.05, 0.1) is 0 Å². The van der Waals surface area contributed by atoms with E-state index in [9.17, 15) is 9.18 Å². The van der Waals surface area contributed by atoms with Crippen LogP contribution in [0.4, 0.5) is 4.39 Å². The van der Waals surface area contributed by atoms with E-state index in [2.05, 4.69) is 18.9 Å². The number of nitrogens with two attached hydrogens (primary N) is 1. The number of hydrogen-bond acceptors (Lipinski definition) is 3. The maximum atomic E-state index is 14.3. The van der Waals surface area contributed by atoms with E-state index in [-0.39, 0.29) is 35.6 Å². The van der Waals surface area contributed by atoms with Crippen LogP contribution in [0.5, 0.6) is 0 Å². The van der Waals surface area contributed by atoms with Crippen molar-refractivity contribution in [1.29, 1.82) is 0 Å². The van der Waals surface area contributed by atoms with Crippen LogP contribution in [0, 0.1) is 11.2 Å². The average Bonchev–Trinajstić information content (AvgIpc) is 3.20. The monoisotopic (exact) mass is 392 g/mol. The maximum Gasteiger partial charge on any atom is 0.274 e. The lowest BCUT2D eigenvalue weighted by Gasteiger charge is -2.42. The normalized spacial score (nSPS) is 20.9. The molecule has 0 saturated carbocycles. The van der Waals surface area contributed by atoms with Crippen molar-refractivity contribution in [2.24, 2.45) is 11.1 Å². The molecular weight excluding hydrogens is 367 g/mol. The lowest BCUT2D eigenvalue weighted by atomic mass is 9.79. The molecule has 0 bridgehead atoms. The second-order valence-corrected chi connectivity index (χ2v) is 8.10. The second kappa shape index (κ2) is 7.24. The van der Waals surface area contributed by atoms with Crippen LogP contribution >= 0.6 is 12.4 Å². The Hall–Kier alpha value is -1.92. The zero-order valence-electron chi connectivity index (χ0n) is 15.7. The Labute approximate surface area is 165 Å². The molecule has 1 aromatic carbocycles. The third-order valence-electron chi connectivity index (χ3n) is 5.81. The number of aromatic nitrogens is 2. The largest absolute Gasteiger partial charge is 0.337 e. The van der Waals surface area contributed by atoms with Crippen LogP contribution in [0.2, 0.25) is 0 Å². The molecule has 2 heterocycles. The molecule has 1 fully saturated rings. The van der Waals surface area contributed by atoms with Crippen molar-refractivity contribution in [1.82, 2.24) is 14.7 Å². The highest BCUT2D eigenvalue weighted by molar-refractivity contribution is 5.94. The number of para-hydroxylation sites is 1. The third kappa shape index (κ3) is 3.36. The van der Waals surface area contributed by atoms with E-state index in [0.717, 1.165) is 36.9 Å². The number of amides is 1. The van der Waals surface area contributed by atoms with Crippen molar-refractivity contribution in [3.8, 4) is 5.69 Å². The predicted molar refractivity (Wildman–Crippen MR) is 105 cm³/mol. The molecule has 1 unspecified atom stereocenters. The first-order chi connectivity index (χ1) is 12.4. The molecule has 0 spiro atoms. The Kier molecular flexibility index (Phi) is 5.32. The van der Waals surface area contributed by atoms with Gasteiger partial charge in [-0.25, -0.2) is 9.07 Å². The fourth-order valence-electron chi connectivity index (χ4n) is 4.13. The van der Waals surface area contributed by atoms with Crippen LogP contribution in [-0.4, -0.2) is 39.7 Å². The van der Waals surface area contributed by atoms with Crippen molar-refractivity contribution >= 4 is 18.3 Å². The van der Waals surface area contributed by atoms with Crippen molar-refractivity contribution in [3.63, 3.8) is 0 Å². The van der Waals surface area contributed by atoms with Gasteiger partial charge in [0.15, 0.2) is 5.69 Å². The predicted octanol–water partition coefficient (Wildman–Crippen LogP) is 3.12. The first-order valence-electron chi connectivity index (χ1n) is 9.29. The highest BCUT2D eigenvalue weighted by atomic mass is 35.5. The lowest BCUT2D eigenvalue weighted by Crippen LogP contribution is -2.54. The zero-order chi connectivity index (χ0) is 18.5. The van der Waals surface area contributed by atoms with Gasteiger partial charge in [0.2, 0.25) is 0 Å². The minimum absolute atomic E-state index is 0. The molecule has 1 atom stereocenters. The van der Waals surface area contributed by atoms with Gasteiger partial charge in [-0.15, -0.1) is 12.4 Å². The van der Waals surface area contributed by atoms with Gasteiger partial charge < -0.3 is 10.6 Å². The van der Waals surface area contributed by atoms with E-state index in [1.54, 1.807) is 22.9 Å². The average molecular weight is 393 g/mol. The van der Waals surface area contributed by atoms with Crippen LogP contribution in [0.15, 0.2) is 24.3 Å². The molecule has 1 saturated heterocycles. The number of likely N-dealkylation sites (tertiary alicyclic amines) is 1. The van der Waals surface area contributed by atoms with Gasteiger partial charge in [-0.2, -0.15) is 5.10 Å². The topological polar surface area (TPSA) is 64.2 Å². The summed E-state index contributed by atoms with van der Waals surface area (Å²) < 4.78 is 15.9. The van der Waals surface area contributed by atoms with Crippen molar-refractivity contribution in [2.75, 3.05) is 13.1 Å². The molecule has 5 nitrogen and oxygen atoms in total. The van der Waals surface area contributed by atoms with E-state index in [1.165, 1.54) is 6.07 Å². The summed E-state index contributed by atoms with van der Waals surface area (Å²) in [5.41, 5.74) is 8.91. The Morgan fingerprint density at radius 1 is 1.30 bits per heavy atom. The molecule has 2 N–H and O–H groups in total. The van der Waals surface area contributed by atoms with Gasteiger partial charge in [0, 0.05) is 30.4 Å². The van der Waals surface area contributed by atoms with Crippen molar-refractivity contribution in [3.05, 3.63) is 47.0 Å². The van der Waals surface area contributed by atoms with Crippen molar-refractivity contribution in [2.45, 2.75) is 45.6 Å². The number of benzene rings is 1. The SMILES string of the molecule is CC1(C)CN(C(=O)c2nn(-c3ccccc3F)c3c2CCC3)CCC1N.Cl. The maximum absolute atomic E-state index is 14.3. The van der Waals surface area contributed by atoms with Gasteiger partial charge >= 0.3 is 0 Å². The highest BCUT2D eigenvalue weighted by Gasteiger charge is 2.38. The van der Waals surface area contributed by atoms with E-state index in [4.69, 9.17) is 5.73 Å². The number of hydrogen-bond donors (Lipinski definition) is 1. The van der Waals surface area contributed by atoms with Gasteiger partial charge in [-0.1, -0.05) is 26.0 Å². The van der Waals surface area contributed by atoms with Gasteiger partial charge in [0.25, 0.3) is 5.91 Å². The molecular formula is C20H26ClFN4O. The van der Waals surface area contributed by atoms with E-state index in [1.807, 2.05) is 4.90 Å². The first-order valence-corrected chi connectivity index (χ1v) is 9.29. The molecule has 146 valence electrons. The number of carbonyl (C=O) groups excluding carboxylic acids is 1. The fourth-order valence-corrected chi connectivity index (χ4v) is 4.13. The number of rotatable bonds is 2. The quantitative estimate of drug-likeness (QED) is 0.854. The molecule has 1 amide bonds. The fraction of sp³-hybridized carbons (Fsp3) is 0.500. The Morgan fingerprint density at radius 2 is 2.04 bits per heavy atom. The summed E-state index contributed by atoms with van der Waals surface area (Å²) >= 11 is 0. The minimum Gasteiger partial charge on any atom is -0.337 e. The van der Waals surface area contributed by atoms with Gasteiger partial charge in [0.1, 0.15) is 11.5 Å². The molecule has 1 aliphatic carbocycles. The van der Waals surface area contributed by atoms with Crippen LogP contribution < -0.4 is 5.73 Å². The van der Waals surface area contributed by atoms with Gasteiger partial charge in [-0.05, 0) is 43.2 Å². The van der Waals surface area contributed by atoms with Crippen molar-refractivity contribution < 1.29 is 9.18 Å². The molecule has 2 aliphatic rings. The third-order valence-corrected chi connectivity index (χ3v) is 5.81. The van der Waals surface area contributed by atoms with Crippen LogP contribution in [-0.2, 0) is 12.8 Å². The smallest absolute Gasteiger partial charge is 0.274 e. The molecule has 27 heavy (non-hydrogen) atoms. The van der Waals surface area contributed by atoms with Crippen LogP contribution in [0.25, 0.3) is 5.69 Å². The number of fused-ring (bicyclic) bond motifs is 1. The zero-order valence-corrected chi connectivity index (χ0v) is 16.6. The minimum atomic E-state index is -0.325. The van der Waals surface area contributed by atoms with E-state index < -0.39 is 0 Å². The molecule has 1 aliphatic heterocycles. The second-order valence-electron chi connectivity index (χ2n) is 8.10. The van der Waals surface area contributed by atoms with Crippen LogP contribution in [0.1, 0.15) is 48.4 Å². The van der Waals surface area contributed by atoms with Gasteiger partial charge in [-0.3, -0.25) is 4.79 Å². The Bertz CT molecular complexity index is 864. The number of nitrogens with zero attached hydrogens (tertiary/aromatic N) is 3. The van der Waals surface area contributed by atoms with E-state index >= 15 is 0 Å². The molecule has 2 aromatic rings. The summed E-state index contributed by atoms with van der Waals surface area (Å²) in [5, 5.41) is 4.56. The highest BCUT2D eigenvalue weighted by Crippen LogP contribution is 2.32. The molecule has 1 aromatic heterocycles. The molecule has 4 rings (SSSR count). The molecule has 7 heteroatoms. The lowest BCUT2D eigenvalue weighted by molar-refractivity contribution is 0.0526. The summed E-state index contributed by atoms with van der Waals surface area (Å²) in [5.74, 6) is -0.382. The number of carbonyl (C=O) groups is 1. The standard InChI is InChI=1S/C20H25FN4O.ClH/c1-20(2)12-24(11-10-17(20)22)19(26)18-13-6-5-9-15(13)25(23-18)16-8-4-3-7-14(16)21;/h3-4,7-8,17H,5-6,9-12,22H2,1-2H3;1H.